The number of halogens is 1. The Bertz CT molecular complexity index is 869. The molecule has 0 aliphatic carbocycles. The van der Waals surface area contributed by atoms with Crippen molar-refractivity contribution in [2.75, 3.05) is 57.4 Å². The molecule has 2 aliphatic rings. The van der Waals surface area contributed by atoms with Gasteiger partial charge in [0.1, 0.15) is 23.8 Å². The number of anilines is 1. The minimum atomic E-state index is -1.20. The zero-order chi connectivity index (χ0) is 22.6. The second kappa shape index (κ2) is 9.75. The average molecular weight is 445 g/mol. The van der Waals surface area contributed by atoms with E-state index in [1.807, 2.05) is 0 Å². The standard InChI is InChI=1S/C25H33FN2O4/c1-20-2-6-22(7-3-20)28-12-10-24(29,11-13-28)16-27-14-15-31-18-25(30,17-27)19-32-23-8-4-21(26)5-9-23/h2-9,29-30H,10-19H2,1H3/t25-/m0/s1. The van der Waals surface area contributed by atoms with Crippen LogP contribution >= 0.6 is 0 Å². The zero-order valence-corrected chi connectivity index (χ0v) is 18.7. The number of aliphatic hydroxyl groups is 2. The summed E-state index contributed by atoms with van der Waals surface area (Å²) < 4.78 is 24.4. The first-order valence-corrected chi connectivity index (χ1v) is 11.3. The Morgan fingerprint density at radius 2 is 1.66 bits per heavy atom. The van der Waals surface area contributed by atoms with Crippen LogP contribution in [0.4, 0.5) is 10.1 Å². The Hall–Kier alpha value is -2.19. The van der Waals surface area contributed by atoms with Crippen molar-refractivity contribution in [2.24, 2.45) is 0 Å². The Kier molecular flexibility index (Phi) is 7.00. The summed E-state index contributed by atoms with van der Waals surface area (Å²) in [6.07, 6.45) is 1.34. The number of nitrogens with zero attached hydrogens (tertiary/aromatic N) is 2. The van der Waals surface area contributed by atoms with Crippen LogP contribution in [0.15, 0.2) is 48.5 Å². The first kappa shape index (κ1) is 23.0. The predicted octanol–water partition coefficient (Wildman–Crippen LogP) is 2.61. The van der Waals surface area contributed by atoms with Crippen molar-refractivity contribution in [2.45, 2.75) is 31.0 Å². The van der Waals surface area contributed by atoms with Crippen molar-refractivity contribution in [3.8, 4) is 5.75 Å². The first-order valence-electron chi connectivity index (χ1n) is 11.3. The largest absolute Gasteiger partial charge is 0.490 e. The second-order valence-corrected chi connectivity index (χ2v) is 9.28. The van der Waals surface area contributed by atoms with Gasteiger partial charge in [-0.1, -0.05) is 17.7 Å². The van der Waals surface area contributed by atoms with E-state index in [9.17, 15) is 14.6 Å². The minimum absolute atomic E-state index is 0.0365. The summed E-state index contributed by atoms with van der Waals surface area (Å²) in [5.41, 5.74) is 0.420. The van der Waals surface area contributed by atoms with E-state index in [4.69, 9.17) is 9.47 Å². The van der Waals surface area contributed by atoms with Crippen molar-refractivity contribution in [1.82, 2.24) is 4.90 Å². The fourth-order valence-corrected chi connectivity index (χ4v) is 4.48. The number of aryl methyl sites for hydroxylation is 1. The molecular weight excluding hydrogens is 411 g/mol. The Labute approximate surface area is 189 Å². The molecule has 0 saturated carbocycles. The van der Waals surface area contributed by atoms with E-state index in [1.165, 1.54) is 23.4 Å². The third kappa shape index (κ3) is 5.98. The molecule has 1 atom stereocenters. The van der Waals surface area contributed by atoms with Crippen molar-refractivity contribution >= 4 is 5.69 Å². The summed E-state index contributed by atoms with van der Waals surface area (Å²) in [4.78, 5) is 4.38. The number of β-amino-alcohol motifs (C(OH)–C–C–N with tert-alkyl or cyclic N) is 2. The molecule has 2 saturated heterocycles. The third-order valence-corrected chi connectivity index (χ3v) is 6.37. The number of rotatable bonds is 6. The first-order chi connectivity index (χ1) is 15.3. The Morgan fingerprint density at radius 1 is 0.969 bits per heavy atom. The molecule has 0 radical (unpaired) electrons. The van der Waals surface area contributed by atoms with E-state index in [0.29, 0.717) is 44.8 Å². The van der Waals surface area contributed by atoms with Gasteiger partial charge in [-0.15, -0.1) is 0 Å². The minimum Gasteiger partial charge on any atom is -0.490 e. The summed E-state index contributed by atoms with van der Waals surface area (Å²) >= 11 is 0. The van der Waals surface area contributed by atoms with E-state index in [1.54, 1.807) is 12.1 Å². The van der Waals surface area contributed by atoms with Crippen molar-refractivity contribution in [3.63, 3.8) is 0 Å². The number of piperidine rings is 1. The summed E-state index contributed by atoms with van der Waals surface area (Å²) in [5.74, 6) is 0.166. The molecule has 2 N–H and O–H groups in total. The van der Waals surface area contributed by atoms with Gasteiger partial charge in [0.05, 0.1) is 18.8 Å². The third-order valence-electron chi connectivity index (χ3n) is 6.37. The normalized spacial score (nSPS) is 24.2. The summed E-state index contributed by atoms with van der Waals surface area (Å²) in [6.45, 7) is 5.82. The van der Waals surface area contributed by atoms with Gasteiger partial charge in [0.2, 0.25) is 0 Å². The summed E-state index contributed by atoms with van der Waals surface area (Å²) in [7, 11) is 0. The maximum Gasteiger partial charge on any atom is 0.134 e. The molecule has 2 aliphatic heterocycles. The van der Waals surface area contributed by atoms with E-state index in [-0.39, 0.29) is 19.0 Å². The summed E-state index contributed by atoms with van der Waals surface area (Å²) in [5, 5.41) is 22.4. The van der Waals surface area contributed by atoms with Gasteiger partial charge in [0.25, 0.3) is 0 Å². The number of ether oxygens (including phenoxy) is 2. The van der Waals surface area contributed by atoms with Gasteiger partial charge in [-0.2, -0.15) is 0 Å². The van der Waals surface area contributed by atoms with Crippen LogP contribution in [0.2, 0.25) is 0 Å². The fraction of sp³-hybridized carbons (Fsp3) is 0.520. The SMILES string of the molecule is Cc1ccc(N2CCC(O)(CN3CCOC[C@](O)(COc4ccc(F)cc4)C3)CC2)cc1. The highest BCUT2D eigenvalue weighted by Crippen LogP contribution is 2.28. The molecule has 0 amide bonds. The van der Waals surface area contributed by atoms with Crippen LogP contribution in [0.25, 0.3) is 0 Å². The lowest BCUT2D eigenvalue weighted by molar-refractivity contribution is -0.0742. The number of benzene rings is 2. The molecule has 0 spiro atoms. The highest BCUT2D eigenvalue weighted by molar-refractivity contribution is 5.48. The molecule has 174 valence electrons. The van der Waals surface area contributed by atoms with Crippen LogP contribution < -0.4 is 9.64 Å². The number of hydrogen-bond acceptors (Lipinski definition) is 6. The van der Waals surface area contributed by atoms with E-state index in [2.05, 4.69) is 41.0 Å². The van der Waals surface area contributed by atoms with E-state index in [0.717, 1.165) is 13.1 Å². The van der Waals surface area contributed by atoms with Crippen molar-refractivity contribution in [1.29, 1.82) is 0 Å². The van der Waals surface area contributed by atoms with Crippen LogP contribution in [0, 0.1) is 12.7 Å². The predicted molar refractivity (Wildman–Crippen MR) is 122 cm³/mol. The molecule has 2 aromatic rings. The zero-order valence-electron chi connectivity index (χ0n) is 18.7. The molecule has 0 aromatic heterocycles. The van der Waals surface area contributed by atoms with Gasteiger partial charge in [0.15, 0.2) is 0 Å². The highest BCUT2D eigenvalue weighted by atomic mass is 19.1. The highest BCUT2D eigenvalue weighted by Gasteiger charge is 2.39. The smallest absolute Gasteiger partial charge is 0.134 e. The lowest BCUT2D eigenvalue weighted by atomic mass is 9.90. The topological polar surface area (TPSA) is 65.4 Å². The monoisotopic (exact) mass is 444 g/mol. The van der Waals surface area contributed by atoms with Gasteiger partial charge in [-0.25, -0.2) is 4.39 Å². The van der Waals surface area contributed by atoms with Crippen LogP contribution in [-0.4, -0.2) is 78.9 Å². The number of hydrogen-bond donors (Lipinski definition) is 2. The van der Waals surface area contributed by atoms with Gasteiger partial charge < -0.3 is 24.6 Å². The lowest BCUT2D eigenvalue weighted by Gasteiger charge is -2.42. The Morgan fingerprint density at radius 3 is 2.34 bits per heavy atom. The fourth-order valence-electron chi connectivity index (χ4n) is 4.48. The maximum atomic E-state index is 13.1. The Balaban J connectivity index is 1.32. The van der Waals surface area contributed by atoms with Crippen LogP contribution in [0.3, 0.4) is 0 Å². The molecule has 2 fully saturated rings. The van der Waals surface area contributed by atoms with E-state index < -0.39 is 11.2 Å². The van der Waals surface area contributed by atoms with Gasteiger partial charge in [-0.3, -0.25) is 4.90 Å². The molecule has 6 nitrogen and oxygen atoms in total. The van der Waals surface area contributed by atoms with Crippen molar-refractivity contribution in [3.05, 3.63) is 59.9 Å². The second-order valence-electron chi connectivity index (χ2n) is 9.28. The van der Waals surface area contributed by atoms with E-state index >= 15 is 0 Å². The quantitative estimate of drug-likeness (QED) is 0.714. The van der Waals surface area contributed by atoms with Gasteiger partial charge >= 0.3 is 0 Å². The molecule has 32 heavy (non-hydrogen) atoms. The molecule has 4 rings (SSSR count). The molecular formula is C25H33FN2O4. The van der Waals surface area contributed by atoms with Crippen LogP contribution in [-0.2, 0) is 4.74 Å². The molecule has 2 aromatic carbocycles. The molecule has 0 unspecified atom stereocenters. The van der Waals surface area contributed by atoms with Gasteiger partial charge in [-0.05, 0) is 56.2 Å². The average Bonchev–Trinajstić information content (AvgIpc) is 2.95. The van der Waals surface area contributed by atoms with Crippen LogP contribution in [0.1, 0.15) is 18.4 Å². The van der Waals surface area contributed by atoms with Gasteiger partial charge in [0, 0.05) is 38.4 Å². The van der Waals surface area contributed by atoms with Crippen molar-refractivity contribution < 1.29 is 24.1 Å². The molecule has 0 bridgehead atoms. The molecule has 2 heterocycles. The maximum absolute atomic E-state index is 13.1. The molecule has 7 heteroatoms. The summed E-state index contributed by atoms with van der Waals surface area (Å²) in [6, 6.07) is 14.2. The van der Waals surface area contributed by atoms with Crippen LogP contribution in [0.5, 0.6) is 5.75 Å². The lowest BCUT2D eigenvalue weighted by Crippen LogP contribution is -2.55.